The van der Waals surface area contributed by atoms with Gasteiger partial charge in [-0.25, -0.2) is 0 Å². The summed E-state index contributed by atoms with van der Waals surface area (Å²) >= 11 is 6.36. The number of halogens is 1. The van der Waals surface area contributed by atoms with E-state index in [0.29, 0.717) is 28.8 Å². The zero-order chi connectivity index (χ0) is 18.5. The monoisotopic (exact) mass is 375 g/mol. The first-order valence-electron chi connectivity index (χ1n) is 8.63. The summed E-state index contributed by atoms with van der Waals surface area (Å²) in [6.45, 7) is 5.87. The highest BCUT2D eigenvalue weighted by Crippen LogP contribution is 2.30. The molecule has 0 N–H and O–H groups in total. The Balaban J connectivity index is 1.66. The van der Waals surface area contributed by atoms with Crippen molar-refractivity contribution in [2.24, 2.45) is 0 Å². The second kappa shape index (κ2) is 8.49. The lowest BCUT2D eigenvalue weighted by Gasteiger charge is -2.25. The Bertz CT molecular complexity index is 788. The van der Waals surface area contributed by atoms with E-state index in [9.17, 15) is 5.26 Å². The minimum absolute atomic E-state index is 0.184. The third-order valence-electron chi connectivity index (χ3n) is 4.57. The van der Waals surface area contributed by atoms with Crippen LogP contribution in [0.3, 0.4) is 0 Å². The van der Waals surface area contributed by atoms with Gasteiger partial charge in [0.25, 0.3) is 0 Å². The van der Waals surface area contributed by atoms with Crippen LogP contribution < -0.4 is 4.90 Å². The topological polar surface area (TPSA) is 78.4 Å². The molecule has 2 heterocycles. The lowest BCUT2D eigenvalue weighted by molar-refractivity contribution is 0.109. The van der Waals surface area contributed by atoms with Gasteiger partial charge in [0.2, 0.25) is 5.89 Å². The molecule has 0 spiro atoms. The smallest absolute Gasteiger partial charge is 0.240 e. The van der Waals surface area contributed by atoms with Gasteiger partial charge in [-0.1, -0.05) is 22.8 Å². The fraction of sp³-hybridized carbons (Fsp3) is 0.500. The molecule has 1 fully saturated rings. The number of benzene rings is 1. The van der Waals surface area contributed by atoms with Crippen molar-refractivity contribution in [3.8, 4) is 6.07 Å². The highest BCUT2D eigenvalue weighted by molar-refractivity contribution is 6.33. The van der Waals surface area contributed by atoms with Crippen molar-refractivity contribution in [1.29, 1.82) is 5.26 Å². The maximum atomic E-state index is 9.37. The predicted molar refractivity (Wildman–Crippen MR) is 98.0 cm³/mol. The van der Waals surface area contributed by atoms with Crippen molar-refractivity contribution in [2.45, 2.75) is 26.0 Å². The van der Waals surface area contributed by atoms with E-state index in [1.807, 2.05) is 19.1 Å². The highest BCUT2D eigenvalue weighted by Gasteiger charge is 2.21. The molecule has 0 aliphatic carbocycles. The summed E-state index contributed by atoms with van der Waals surface area (Å²) in [7, 11) is 1.62. The van der Waals surface area contributed by atoms with Crippen LogP contribution in [-0.4, -0.2) is 48.3 Å². The lowest BCUT2D eigenvalue weighted by Crippen LogP contribution is -2.31. The van der Waals surface area contributed by atoms with Crippen molar-refractivity contribution in [1.82, 2.24) is 15.0 Å². The van der Waals surface area contributed by atoms with Crippen molar-refractivity contribution in [2.75, 3.05) is 38.2 Å². The fourth-order valence-corrected chi connectivity index (χ4v) is 3.37. The van der Waals surface area contributed by atoms with E-state index < -0.39 is 0 Å². The first-order chi connectivity index (χ1) is 12.6. The van der Waals surface area contributed by atoms with Crippen LogP contribution in [0.15, 0.2) is 22.7 Å². The summed E-state index contributed by atoms with van der Waals surface area (Å²) in [4.78, 5) is 8.87. The molecule has 1 atom stereocenters. The van der Waals surface area contributed by atoms with Crippen LogP contribution in [0, 0.1) is 11.3 Å². The van der Waals surface area contributed by atoms with Crippen LogP contribution in [0.25, 0.3) is 0 Å². The molecule has 1 saturated heterocycles. The summed E-state index contributed by atoms with van der Waals surface area (Å²) in [6, 6.07) is 7.68. The normalized spacial score (nSPS) is 16.9. The molecule has 1 aromatic heterocycles. The Kier molecular flexibility index (Phi) is 6.09. The molecule has 8 heteroatoms. The number of anilines is 1. The molecular formula is C18H22ClN5O2. The standard InChI is InChI=1S/C18H22ClN5O2/c1-13(25-2)18-21-16(26-22-18)12-23-7-4-8-24(10-9-23)17-14(11-20)5-3-6-15(17)19/h3,5-6,13H,4,7-10,12H2,1-2H3. The van der Waals surface area contributed by atoms with Gasteiger partial charge in [0, 0.05) is 33.3 Å². The average molecular weight is 376 g/mol. The second-order valence-electron chi connectivity index (χ2n) is 6.29. The Labute approximate surface area is 158 Å². The summed E-state index contributed by atoms with van der Waals surface area (Å²) in [5.74, 6) is 1.15. The Morgan fingerprint density at radius 1 is 1.35 bits per heavy atom. The zero-order valence-corrected chi connectivity index (χ0v) is 15.7. The molecule has 0 radical (unpaired) electrons. The van der Waals surface area contributed by atoms with E-state index in [2.05, 4.69) is 26.0 Å². The van der Waals surface area contributed by atoms with Crippen LogP contribution in [0.2, 0.25) is 5.02 Å². The first kappa shape index (κ1) is 18.6. The number of hydrogen-bond donors (Lipinski definition) is 0. The van der Waals surface area contributed by atoms with Gasteiger partial charge in [-0.15, -0.1) is 0 Å². The molecule has 0 amide bonds. The number of nitrogens with zero attached hydrogens (tertiary/aromatic N) is 5. The number of hydrogen-bond acceptors (Lipinski definition) is 7. The molecule has 1 aliphatic rings. The van der Waals surface area contributed by atoms with Gasteiger partial charge in [-0.05, 0) is 25.5 Å². The minimum Gasteiger partial charge on any atom is -0.374 e. The molecular weight excluding hydrogens is 354 g/mol. The largest absolute Gasteiger partial charge is 0.374 e. The van der Waals surface area contributed by atoms with E-state index in [1.165, 1.54) is 0 Å². The molecule has 1 aromatic carbocycles. The summed E-state index contributed by atoms with van der Waals surface area (Å²) < 4.78 is 10.5. The first-order valence-corrected chi connectivity index (χ1v) is 9.01. The number of nitriles is 1. The van der Waals surface area contributed by atoms with Crippen LogP contribution >= 0.6 is 11.6 Å². The van der Waals surface area contributed by atoms with E-state index >= 15 is 0 Å². The van der Waals surface area contributed by atoms with Gasteiger partial charge in [-0.2, -0.15) is 10.2 Å². The summed E-state index contributed by atoms with van der Waals surface area (Å²) in [5.41, 5.74) is 1.44. The number of rotatable bonds is 5. The average Bonchev–Trinajstić information content (AvgIpc) is 3.00. The number of ether oxygens (including phenoxy) is 1. The Morgan fingerprint density at radius 2 is 2.19 bits per heavy atom. The molecule has 26 heavy (non-hydrogen) atoms. The van der Waals surface area contributed by atoms with E-state index in [0.717, 1.165) is 38.3 Å². The van der Waals surface area contributed by atoms with Crippen LogP contribution in [0.4, 0.5) is 5.69 Å². The molecule has 0 saturated carbocycles. The van der Waals surface area contributed by atoms with E-state index in [4.69, 9.17) is 20.9 Å². The van der Waals surface area contributed by atoms with Crippen LogP contribution in [0.5, 0.6) is 0 Å². The highest BCUT2D eigenvalue weighted by atomic mass is 35.5. The van der Waals surface area contributed by atoms with Gasteiger partial charge in [-0.3, -0.25) is 4.90 Å². The third kappa shape index (κ3) is 4.15. The third-order valence-corrected chi connectivity index (χ3v) is 4.88. The van der Waals surface area contributed by atoms with Crippen molar-refractivity contribution < 1.29 is 9.26 Å². The van der Waals surface area contributed by atoms with Crippen molar-refractivity contribution in [3.63, 3.8) is 0 Å². The van der Waals surface area contributed by atoms with Gasteiger partial charge in [0.05, 0.1) is 22.8 Å². The molecule has 2 aromatic rings. The fourth-order valence-electron chi connectivity index (χ4n) is 3.07. The quantitative estimate of drug-likeness (QED) is 0.794. The van der Waals surface area contributed by atoms with Crippen molar-refractivity contribution in [3.05, 3.63) is 40.5 Å². The zero-order valence-electron chi connectivity index (χ0n) is 15.0. The van der Waals surface area contributed by atoms with E-state index in [1.54, 1.807) is 13.2 Å². The van der Waals surface area contributed by atoms with Crippen molar-refractivity contribution >= 4 is 17.3 Å². The molecule has 1 unspecified atom stereocenters. The van der Waals surface area contributed by atoms with Gasteiger partial charge < -0.3 is 14.2 Å². The summed E-state index contributed by atoms with van der Waals surface area (Å²) in [6.07, 6.45) is 0.780. The molecule has 3 rings (SSSR count). The SMILES string of the molecule is COC(C)c1noc(CN2CCCN(c3c(Cl)cccc3C#N)CC2)n1. The molecule has 138 valence electrons. The Hall–Kier alpha value is -2.14. The van der Waals surface area contributed by atoms with Gasteiger partial charge in [0.1, 0.15) is 12.2 Å². The van der Waals surface area contributed by atoms with Crippen LogP contribution in [-0.2, 0) is 11.3 Å². The van der Waals surface area contributed by atoms with Gasteiger partial charge >= 0.3 is 0 Å². The Morgan fingerprint density at radius 3 is 2.96 bits per heavy atom. The second-order valence-corrected chi connectivity index (χ2v) is 6.70. The maximum Gasteiger partial charge on any atom is 0.240 e. The number of para-hydroxylation sites is 1. The van der Waals surface area contributed by atoms with Crippen LogP contribution in [0.1, 0.15) is 36.7 Å². The molecule has 1 aliphatic heterocycles. The number of aromatic nitrogens is 2. The van der Waals surface area contributed by atoms with E-state index in [-0.39, 0.29) is 6.10 Å². The lowest BCUT2D eigenvalue weighted by atomic mass is 10.1. The molecule has 0 bridgehead atoms. The van der Waals surface area contributed by atoms with Gasteiger partial charge in [0.15, 0.2) is 5.82 Å². The maximum absolute atomic E-state index is 9.37. The predicted octanol–water partition coefficient (Wildman–Crippen LogP) is 3.01. The minimum atomic E-state index is -0.184. The molecule has 7 nitrogen and oxygen atoms in total. The number of methoxy groups -OCH3 is 1. The summed E-state index contributed by atoms with van der Waals surface area (Å²) in [5, 5.41) is 14.0.